The number of likely N-dealkylation sites (N-methyl/N-ethyl adjacent to an activating group) is 1. The molecule has 3 aromatic carbocycles. The molecule has 0 aliphatic carbocycles. The van der Waals surface area contributed by atoms with Crippen molar-refractivity contribution in [2.75, 3.05) is 32.1 Å². The molecule has 0 fully saturated rings. The van der Waals surface area contributed by atoms with Crippen molar-refractivity contribution >= 4 is 28.5 Å². The van der Waals surface area contributed by atoms with Gasteiger partial charge in [-0.3, -0.25) is 9.69 Å². The maximum atomic E-state index is 13.6. The molecule has 6 nitrogen and oxygen atoms in total. The summed E-state index contributed by atoms with van der Waals surface area (Å²) in [5.74, 6) is -0.810. The monoisotopic (exact) mass is 474 g/mol. The van der Waals surface area contributed by atoms with Crippen molar-refractivity contribution in [3.63, 3.8) is 0 Å². The van der Waals surface area contributed by atoms with Crippen molar-refractivity contribution in [2.45, 2.75) is 13.8 Å². The third-order valence-corrected chi connectivity index (χ3v) is 5.73. The lowest BCUT2D eigenvalue weighted by Crippen LogP contribution is -2.30. The molecule has 0 spiro atoms. The summed E-state index contributed by atoms with van der Waals surface area (Å²) in [7, 11) is 1.87. The minimum absolute atomic E-state index is 0.165. The van der Waals surface area contributed by atoms with Crippen LogP contribution in [0.25, 0.3) is 33.4 Å². The lowest BCUT2D eigenvalue weighted by atomic mass is 9.98. The number of amides is 1. The van der Waals surface area contributed by atoms with Gasteiger partial charge in [0.25, 0.3) is 0 Å². The first-order valence-corrected chi connectivity index (χ1v) is 11.5. The van der Waals surface area contributed by atoms with Gasteiger partial charge in [0.1, 0.15) is 22.7 Å². The number of nitrogens with zero attached hydrogens (tertiary/aromatic N) is 1. The minimum atomic E-state index is -0.536. The molecule has 0 saturated heterocycles. The molecule has 0 atom stereocenters. The third-order valence-electron chi connectivity index (χ3n) is 5.73. The predicted octanol–water partition coefficient (Wildman–Crippen LogP) is 5.97. The Morgan fingerprint density at radius 2 is 1.71 bits per heavy atom. The molecule has 0 aliphatic rings. The van der Waals surface area contributed by atoms with Crippen LogP contribution in [0.1, 0.15) is 24.2 Å². The van der Waals surface area contributed by atoms with Crippen molar-refractivity contribution in [3.8, 4) is 22.5 Å². The number of anilines is 1. The van der Waals surface area contributed by atoms with E-state index in [2.05, 4.69) is 5.32 Å². The van der Waals surface area contributed by atoms with Gasteiger partial charge in [0, 0.05) is 22.6 Å². The van der Waals surface area contributed by atoms with E-state index >= 15 is 0 Å². The van der Waals surface area contributed by atoms with Gasteiger partial charge in [-0.05, 0) is 56.4 Å². The van der Waals surface area contributed by atoms with Crippen LogP contribution in [-0.2, 0) is 9.53 Å². The van der Waals surface area contributed by atoms with Crippen LogP contribution in [0.3, 0.4) is 0 Å². The van der Waals surface area contributed by atoms with Gasteiger partial charge in [0.05, 0.1) is 18.8 Å². The summed E-state index contributed by atoms with van der Waals surface area (Å²) in [4.78, 5) is 27.6. The molecule has 180 valence electrons. The molecule has 0 aliphatic heterocycles. The van der Waals surface area contributed by atoms with Gasteiger partial charge in [-0.2, -0.15) is 0 Å². The van der Waals surface area contributed by atoms with Crippen LogP contribution < -0.4 is 5.32 Å². The van der Waals surface area contributed by atoms with Crippen molar-refractivity contribution in [1.29, 1.82) is 0 Å². The topological polar surface area (TPSA) is 71.8 Å². The van der Waals surface area contributed by atoms with E-state index in [-0.39, 0.29) is 30.4 Å². The lowest BCUT2D eigenvalue weighted by Gasteiger charge is -2.16. The molecule has 4 aromatic rings. The second-order valence-corrected chi connectivity index (χ2v) is 8.17. The van der Waals surface area contributed by atoms with Crippen LogP contribution in [-0.4, -0.2) is 43.5 Å². The van der Waals surface area contributed by atoms with Crippen molar-refractivity contribution in [3.05, 3.63) is 78.1 Å². The number of carbonyl (C=O) groups is 2. The van der Waals surface area contributed by atoms with Crippen LogP contribution in [0.15, 0.2) is 71.1 Å². The van der Waals surface area contributed by atoms with Crippen LogP contribution in [0.5, 0.6) is 0 Å². The second-order valence-electron chi connectivity index (χ2n) is 8.17. The number of carbonyl (C=O) groups excluding carboxylic acids is 2. The Hall–Kier alpha value is -3.97. The Balaban J connectivity index is 1.92. The number of halogens is 1. The molecule has 4 rings (SSSR count). The molecule has 35 heavy (non-hydrogen) atoms. The molecule has 0 bridgehead atoms. The number of fused-ring (bicyclic) bond motifs is 1. The van der Waals surface area contributed by atoms with Crippen molar-refractivity contribution in [2.24, 2.45) is 0 Å². The quantitative estimate of drug-likeness (QED) is 0.319. The molecule has 7 heteroatoms. The normalized spacial score (nSPS) is 11.1. The molecule has 0 radical (unpaired) electrons. The van der Waals surface area contributed by atoms with E-state index in [9.17, 15) is 14.0 Å². The van der Waals surface area contributed by atoms with Crippen LogP contribution in [0.2, 0.25) is 0 Å². The van der Waals surface area contributed by atoms with Gasteiger partial charge >= 0.3 is 5.97 Å². The zero-order chi connectivity index (χ0) is 24.9. The molecule has 1 heterocycles. The van der Waals surface area contributed by atoms with Crippen LogP contribution in [0, 0.1) is 5.82 Å². The molecule has 1 N–H and O–H groups in total. The third kappa shape index (κ3) is 5.25. The summed E-state index contributed by atoms with van der Waals surface area (Å²) in [6, 6.07) is 18.8. The number of rotatable bonds is 8. The van der Waals surface area contributed by atoms with E-state index in [4.69, 9.17) is 9.15 Å². The Kier molecular flexibility index (Phi) is 7.27. The molecule has 1 aromatic heterocycles. The Bertz CT molecular complexity index is 1350. The Labute approximate surface area is 203 Å². The summed E-state index contributed by atoms with van der Waals surface area (Å²) in [5.41, 5.74) is 3.38. The first-order chi connectivity index (χ1) is 16.9. The first kappa shape index (κ1) is 24.2. The highest BCUT2D eigenvalue weighted by molar-refractivity contribution is 6.11. The number of benzene rings is 3. The highest BCUT2D eigenvalue weighted by atomic mass is 19.1. The Morgan fingerprint density at radius 1 is 1.00 bits per heavy atom. The fraction of sp³-hybridized carbons (Fsp3) is 0.214. The number of furan rings is 1. The van der Waals surface area contributed by atoms with E-state index in [1.807, 2.05) is 55.3 Å². The highest BCUT2D eigenvalue weighted by Crippen LogP contribution is 2.40. The van der Waals surface area contributed by atoms with E-state index in [1.165, 1.54) is 12.1 Å². The second kappa shape index (κ2) is 10.5. The number of esters is 1. The lowest BCUT2D eigenvalue weighted by molar-refractivity contribution is -0.117. The predicted molar refractivity (Wildman–Crippen MR) is 135 cm³/mol. The fourth-order valence-corrected chi connectivity index (χ4v) is 3.86. The van der Waals surface area contributed by atoms with Gasteiger partial charge in [0.2, 0.25) is 5.91 Å². The van der Waals surface area contributed by atoms with Crippen LogP contribution >= 0.6 is 0 Å². The Morgan fingerprint density at radius 3 is 2.37 bits per heavy atom. The van der Waals surface area contributed by atoms with Gasteiger partial charge < -0.3 is 14.5 Å². The first-order valence-electron chi connectivity index (χ1n) is 11.5. The molecular formula is C28H27FN2O4. The number of nitrogens with one attached hydrogen (secondary N) is 1. The van der Waals surface area contributed by atoms with Crippen molar-refractivity contribution in [1.82, 2.24) is 4.90 Å². The standard InChI is InChI=1S/C28H27FN2O4/c1-4-31(3)17-25(32)30-23-16-24-22(15-21(23)18-9-7-6-8-10-18)26(28(33)34-5-2)27(35-24)19-11-13-20(29)14-12-19/h6-16H,4-5,17H2,1-3H3,(H,30,32). The smallest absolute Gasteiger partial charge is 0.342 e. The van der Waals surface area contributed by atoms with Crippen LogP contribution in [0.4, 0.5) is 10.1 Å². The zero-order valence-corrected chi connectivity index (χ0v) is 19.9. The zero-order valence-electron chi connectivity index (χ0n) is 19.9. The largest absolute Gasteiger partial charge is 0.462 e. The molecule has 0 saturated carbocycles. The van der Waals surface area contributed by atoms with E-state index in [0.29, 0.717) is 22.2 Å². The average Bonchev–Trinajstić information content (AvgIpc) is 3.23. The number of hydrogen-bond acceptors (Lipinski definition) is 5. The van der Waals surface area contributed by atoms with E-state index in [1.54, 1.807) is 25.1 Å². The average molecular weight is 475 g/mol. The summed E-state index contributed by atoms with van der Waals surface area (Å²) in [6.07, 6.45) is 0. The van der Waals surface area contributed by atoms with E-state index in [0.717, 1.165) is 17.7 Å². The van der Waals surface area contributed by atoms with E-state index < -0.39 is 11.8 Å². The fourth-order valence-electron chi connectivity index (χ4n) is 3.86. The number of hydrogen-bond donors (Lipinski definition) is 1. The van der Waals surface area contributed by atoms with Gasteiger partial charge in [0.15, 0.2) is 0 Å². The SMILES string of the molecule is CCOC(=O)c1c(-c2ccc(F)cc2)oc2cc(NC(=O)CN(C)CC)c(-c3ccccc3)cc12. The van der Waals surface area contributed by atoms with Gasteiger partial charge in [-0.15, -0.1) is 0 Å². The maximum Gasteiger partial charge on any atom is 0.342 e. The highest BCUT2D eigenvalue weighted by Gasteiger charge is 2.25. The minimum Gasteiger partial charge on any atom is -0.462 e. The summed E-state index contributed by atoms with van der Waals surface area (Å²) in [5, 5.41) is 3.54. The van der Waals surface area contributed by atoms with Gasteiger partial charge in [-0.1, -0.05) is 37.3 Å². The summed E-state index contributed by atoms with van der Waals surface area (Å²) < 4.78 is 25.0. The number of ether oxygens (including phenoxy) is 1. The molecule has 0 unspecified atom stereocenters. The van der Waals surface area contributed by atoms with Gasteiger partial charge in [-0.25, -0.2) is 9.18 Å². The molecular weight excluding hydrogens is 447 g/mol. The summed E-state index contributed by atoms with van der Waals surface area (Å²) in [6.45, 7) is 4.87. The maximum absolute atomic E-state index is 13.6. The molecule has 1 amide bonds. The summed E-state index contributed by atoms with van der Waals surface area (Å²) >= 11 is 0. The van der Waals surface area contributed by atoms with Crippen molar-refractivity contribution < 1.29 is 23.1 Å².